The Bertz CT molecular complexity index is 910. The molecule has 7 nitrogen and oxygen atoms in total. The van der Waals surface area contributed by atoms with Crippen LogP contribution in [-0.2, 0) is 16.0 Å². The Balaban J connectivity index is 1.58. The van der Waals surface area contributed by atoms with E-state index in [-0.39, 0.29) is 24.0 Å². The van der Waals surface area contributed by atoms with Gasteiger partial charge in [-0.2, -0.15) is 0 Å². The van der Waals surface area contributed by atoms with Crippen molar-refractivity contribution in [1.29, 1.82) is 0 Å². The third-order valence-corrected chi connectivity index (χ3v) is 4.70. The van der Waals surface area contributed by atoms with E-state index in [9.17, 15) is 9.59 Å². The molecule has 3 N–H and O–H groups in total. The second-order valence-electron chi connectivity index (χ2n) is 6.36. The number of benzene rings is 2. The molecule has 0 saturated carbocycles. The standard InChI is InChI=1S/C21H23Cl2N3O4S/c1-2-14-5-8-16(9-6-14)30-13-20(28)25-26-21(31)24-19(27)4-3-11-29-18-10-7-15(22)12-17(18)23/h5-10,12H,2-4,11,13H2,1H3,(H,25,28)(H2,24,26,27,31). The summed E-state index contributed by atoms with van der Waals surface area (Å²) in [7, 11) is 0. The largest absolute Gasteiger partial charge is 0.492 e. The Hall–Kier alpha value is -2.55. The monoisotopic (exact) mass is 483 g/mol. The number of halogens is 2. The maximum atomic E-state index is 11.9. The van der Waals surface area contributed by atoms with E-state index in [4.69, 9.17) is 44.9 Å². The molecule has 0 atom stereocenters. The number of hydrogen-bond donors (Lipinski definition) is 3. The van der Waals surface area contributed by atoms with Gasteiger partial charge in [0.25, 0.3) is 5.91 Å². The fourth-order valence-corrected chi connectivity index (χ4v) is 2.99. The quantitative estimate of drug-likeness (QED) is 0.285. The van der Waals surface area contributed by atoms with Crippen LogP contribution in [0.4, 0.5) is 0 Å². The van der Waals surface area contributed by atoms with E-state index in [2.05, 4.69) is 23.1 Å². The Morgan fingerprint density at radius 3 is 2.42 bits per heavy atom. The van der Waals surface area contributed by atoms with Crippen molar-refractivity contribution in [2.75, 3.05) is 13.2 Å². The van der Waals surface area contributed by atoms with Crippen LogP contribution < -0.4 is 25.6 Å². The Morgan fingerprint density at radius 2 is 1.74 bits per heavy atom. The van der Waals surface area contributed by atoms with Crippen LogP contribution in [-0.4, -0.2) is 30.1 Å². The third-order valence-electron chi connectivity index (χ3n) is 3.97. The minimum absolute atomic E-state index is 0.0210. The minimum Gasteiger partial charge on any atom is -0.492 e. The van der Waals surface area contributed by atoms with Crippen LogP contribution in [0.25, 0.3) is 0 Å². The van der Waals surface area contributed by atoms with Crippen LogP contribution in [0, 0.1) is 0 Å². The molecule has 10 heteroatoms. The summed E-state index contributed by atoms with van der Waals surface area (Å²) in [5.74, 6) is 0.328. The van der Waals surface area contributed by atoms with E-state index < -0.39 is 5.91 Å². The fraction of sp³-hybridized carbons (Fsp3) is 0.286. The molecule has 0 aromatic heterocycles. The summed E-state index contributed by atoms with van der Waals surface area (Å²) in [6.45, 7) is 2.16. The number of thiocarbonyl (C=S) groups is 1. The van der Waals surface area contributed by atoms with Gasteiger partial charge in [0.05, 0.1) is 11.6 Å². The number of carbonyl (C=O) groups is 2. The van der Waals surface area contributed by atoms with Gasteiger partial charge in [-0.3, -0.25) is 20.4 Å². The van der Waals surface area contributed by atoms with Gasteiger partial charge < -0.3 is 14.8 Å². The van der Waals surface area contributed by atoms with Crippen LogP contribution in [0.2, 0.25) is 10.0 Å². The highest BCUT2D eigenvalue weighted by Gasteiger charge is 2.08. The fourth-order valence-electron chi connectivity index (χ4n) is 2.36. The predicted octanol–water partition coefficient (Wildman–Crippen LogP) is 3.82. The molecule has 2 aromatic rings. The Morgan fingerprint density at radius 1 is 1.00 bits per heavy atom. The van der Waals surface area contributed by atoms with Gasteiger partial charge >= 0.3 is 0 Å². The lowest BCUT2D eigenvalue weighted by Gasteiger charge is -2.12. The second-order valence-corrected chi connectivity index (χ2v) is 7.62. The van der Waals surface area contributed by atoms with Crippen molar-refractivity contribution in [3.63, 3.8) is 0 Å². The van der Waals surface area contributed by atoms with Crippen molar-refractivity contribution in [2.24, 2.45) is 0 Å². The SMILES string of the molecule is CCc1ccc(OCC(=O)NNC(=S)NC(=O)CCCOc2ccc(Cl)cc2Cl)cc1. The maximum absolute atomic E-state index is 11.9. The lowest BCUT2D eigenvalue weighted by molar-refractivity contribution is -0.124. The van der Waals surface area contributed by atoms with Crippen molar-refractivity contribution in [1.82, 2.24) is 16.2 Å². The molecule has 0 aliphatic carbocycles. The first-order valence-electron chi connectivity index (χ1n) is 9.55. The lowest BCUT2D eigenvalue weighted by atomic mass is 10.2. The molecule has 166 valence electrons. The molecule has 0 unspecified atom stereocenters. The molecule has 0 fully saturated rings. The molecule has 0 aliphatic rings. The first-order chi connectivity index (χ1) is 14.9. The normalized spacial score (nSPS) is 10.2. The first kappa shape index (κ1) is 24.7. The molecule has 0 spiro atoms. The van der Waals surface area contributed by atoms with E-state index in [1.54, 1.807) is 30.3 Å². The van der Waals surface area contributed by atoms with Crippen molar-refractivity contribution >= 4 is 52.3 Å². The number of aryl methyl sites for hydroxylation is 1. The highest BCUT2D eigenvalue weighted by molar-refractivity contribution is 7.80. The van der Waals surface area contributed by atoms with Crippen molar-refractivity contribution in [2.45, 2.75) is 26.2 Å². The first-order valence-corrected chi connectivity index (χ1v) is 10.7. The molecule has 0 heterocycles. The number of nitrogens with one attached hydrogen (secondary N) is 3. The molecule has 0 saturated heterocycles. The van der Waals surface area contributed by atoms with Gasteiger partial charge in [-0.05, 0) is 61.0 Å². The van der Waals surface area contributed by atoms with E-state index in [1.807, 2.05) is 12.1 Å². The van der Waals surface area contributed by atoms with E-state index in [1.165, 1.54) is 5.56 Å². The van der Waals surface area contributed by atoms with Crippen molar-refractivity contribution in [3.8, 4) is 11.5 Å². The number of carbonyl (C=O) groups excluding carboxylic acids is 2. The zero-order valence-corrected chi connectivity index (χ0v) is 19.2. The average Bonchev–Trinajstić information content (AvgIpc) is 2.75. The van der Waals surface area contributed by atoms with Gasteiger partial charge in [-0.25, -0.2) is 0 Å². The van der Waals surface area contributed by atoms with Crippen molar-refractivity contribution < 1.29 is 19.1 Å². The molecule has 0 radical (unpaired) electrons. The summed E-state index contributed by atoms with van der Waals surface area (Å²) in [5.41, 5.74) is 6.00. The zero-order valence-electron chi connectivity index (χ0n) is 16.9. The molecule has 2 amide bonds. The molecule has 2 rings (SSSR count). The highest BCUT2D eigenvalue weighted by atomic mass is 35.5. The predicted molar refractivity (Wildman–Crippen MR) is 125 cm³/mol. The summed E-state index contributed by atoms with van der Waals surface area (Å²) in [6.07, 6.45) is 1.56. The Labute approximate surface area is 196 Å². The lowest BCUT2D eigenvalue weighted by Crippen LogP contribution is -2.49. The van der Waals surface area contributed by atoms with Crippen molar-refractivity contribution in [3.05, 3.63) is 58.1 Å². The summed E-state index contributed by atoms with van der Waals surface area (Å²) in [6, 6.07) is 12.4. The maximum Gasteiger partial charge on any atom is 0.276 e. The highest BCUT2D eigenvalue weighted by Crippen LogP contribution is 2.27. The zero-order chi connectivity index (χ0) is 22.6. The van der Waals surface area contributed by atoms with Gasteiger partial charge in [-0.15, -0.1) is 0 Å². The summed E-state index contributed by atoms with van der Waals surface area (Å²) in [4.78, 5) is 23.7. The molecular formula is C21H23Cl2N3O4S. The van der Waals surface area contributed by atoms with Gasteiger partial charge in [0.15, 0.2) is 11.7 Å². The summed E-state index contributed by atoms with van der Waals surface area (Å²) >= 11 is 16.8. The molecule has 2 aromatic carbocycles. The number of ether oxygens (including phenoxy) is 2. The van der Waals surface area contributed by atoms with Crippen LogP contribution in [0.5, 0.6) is 11.5 Å². The van der Waals surface area contributed by atoms with Crippen LogP contribution in [0.15, 0.2) is 42.5 Å². The summed E-state index contributed by atoms with van der Waals surface area (Å²) in [5, 5.41) is 3.36. The second kappa shape index (κ2) is 13.0. The average molecular weight is 484 g/mol. The van der Waals surface area contributed by atoms with Gasteiger partial charge in [-0.1, -0.05) is 42.3 Å². The molecular weight excluding hydrogens is 461 g/mol. The van der Waals surface area contributed by atoms with Gasteiger partial charge in [0.2, 0.25) is 5.91 Å². The van der Waals surface area contributed by atoms with E-state index in [0.29, 0.717) is 34.6 Å². The number of rotatable bonds is 9. The van der Waals surface area contributed by atoms with Gasteiger partial charge in [0, 0.05) is 11.4 Å². The molecule has 0 aliphatic heterocycles. The number of hydrogen-bond acceptors (Lipinski definition) is 5. The smallest absolute Gasteiger partial charge is 0.276 e. The third kappa shape index (κ3) is 9.42. The van der Waals surface area contributed by atoms with E-state index in [0.717, 1.165) is 6.42 Å². The van der Waals surface area contributed by atoms with Crippen LogP contribution in [0.3, 0.4) is 0 Å². The molecule has 0 bridgehead atoms. The van der Waals surface area contributed by atoms with Gasteiger partial charge in [0.1, 0.15) is 11.5 Å². The van der Waals surface area contributed by atoms with Crippen LogP contribution >= 0.6 is 35.4 Å². The topological polar surface area (TPSA) is 88.7 Å². The number of hydrazine groups is 1. The minimum atomic E-state index is -0.440. The summed E-state index contributed by atoms with van der Waals surface area (Å²) < 4.78 is 10.9. The molecule has 31 heavy (non-hydrogen) atoms. The number of amides is 2. The Kier molecular flexibility index (Phi) is 10.4. The van der Waals surface area contributed by atoms with E-state index >= 15 is 0 Å². The van der Waals surface area contributed by atoms with Crippen LogP contribution in [0.1, 0.15) is 25.3 Å².